The maximum atomic E-state index is 11.9. The van der Waals surface area contributed by atoms with Crippen LogP contribution in [0, 0.1) is 23.2 Å². The lowest BCUT2D eigenvalue weighted by molar-refractivity contribution is -0.164. The minimum atomic E-state index is -0.764. The Morgan fingerprint density at radius 1 is 1.13 bits per heavy atom. The summed E-state index contributed by atoms with van der Waals surface area (Å²) in [7, 11) is 0. The highest BCUT2D eigenvalue weighted by Crippen LogP contribution is 2.61. The predicted molar refractivity (Wildman–Crippen MR) is 86.4 cm³/mol. The van der Waals surface area contributed by atoms with Gasteiger partial charge in [0, 0.05) is 0 Å². The van der Waals surface area contributed by atoms with Gasteiger partial charge in [0.25, 0.3) is 0 Å². The Bertz CT molecular complexity index is 536. The number of nitrogens with one attached hydrogen (secondary N) is 1. The Hall–Kier alpha value is -1.39. The summed E-state index contributed by atoms with van der Waals surface area (Å²) in [5.74, 6) is 1.44. The van der Waals surface area contributed by atoms with Gasteiger partial charge >= 0.3 is 5.97 Å². The number of carboxylic acid groups (broad SMARTS) is 1. The molecule has 23 heavy (non-hydrogen) atoms. The first-order chi connectivity index (χ1) is 11.1. The molecule has 2 N–H and O–H groups in total. The van der Waals surface area contributed by atoms with Crippen LogP contribution in [0.25, 0.3) is 0 Å². The van der Waals surface area contributed by atoms with Gasteiger partial charge in [0.2, 0.25) is 0 Å². The molecule has 4 aliphatic rings. The zero-order chi connectivity index (χ0) is 15.9. The molecule has 124 valence electrons. The normalized spacial score (nSPS) is 36.1. The van der Waals surface area contributed by atoms with E-state index < -0.39 is 12.0 Å². The number of hydrogen-bond acceptors (Lipinski definition) is 3. The molecule has 1 unspecified atom stereocenters. The Kier molecular flexibility index (Phi) is 3.90. The summed E-state index contributed by atoms with van der Waals surface area (Å²) in [6.45, 7) is 0.400. The van der Waals surface area contributed by atoms with E-state index in [0.29, 0.717) is 6.61 Å². The van der Waals surface area contributed by atoms with Crippen LogP contribution in [0.5, 0.6) is 0 Å². The van der Waals surface area contributed by atoms with E-state index in [1.165, 1.54) is 19.3 Å². The van der Waals surface area contributed by atoms with Crippen molar-refractivity contribution in [2.75, 3.05) is 0 Å². The molecule has 4 saturated carbocycles. The third-order valence-corrected chi connectivity index (χ3v) is 6.23. The third-order valence-electron chi connectivity index (χ3n) is 6.23. The molecule has 1 atom stereocenters. The maximum absolute atomic E-state index is 11.9. The van der Waals surface area contributed by atoms with Crippen LogP contribution in [-0.4, -0.2) is 17.1 Å². The van der Waals surface area contributed by atoms with Crippen molar-refractivity contribution >= 4 is 5.97 Å². The van der Waals surface area contributed by atoms with Crippen LogP contribution in [-0.2, 0) is 16.2 Å². The van der Waals surface area contributed by atoms with Gasteiger partial charge in [0.15, 0.2) is 0 Å². The van der Waals surface area contributed by atoms with Gasteiger partial charge in [0.1, 0.15) is 6.04 Å². The van der Waals surface area contributed by atoms with Gasteiger partial charge < -0.3 is 5.11 Å². The molecule has 1 aromatic carbocycles. The Labute approximate surface area is 137 Å². The number of hydroxylamine groups is 1. The minimum absolute atomic E-state index is 0.0999. The van der Waals surface area contributed by atoms with E-state index in [1.807, 2.05) is 30.3 Å². The summed E-state index contributed by atoms with van der Waals surface area (Å²) in [5.41, 5.74) is 3.88. The molecule has 0 spiro atoms. The smallest absolute Gasteiger partial charge is 0.323 e. The largest absolute Gasteiger partial charge is 0.480 e. The molecule has 0 aliphatic heterocycles. The molecule has 4 aliphatic carbocycles. The van der Waals surface area contributed by atoms with Gasteiger partial charge in [-0.2, -0.15) is 5.48 Å². The molecule has 4 nitrogen and oxygen atoms in total. The van der Waals surface area contributed by atoms with E-state index in [2.05, 4.69) is 5.48 Å². The van der Waals surface area contributed by atoms with Crippen molar-refractivity contribution in [3.8, 4) is 0 Å². The molecular weight excluding hydrogens is 290 g/mol. The molecule has 4 fully saturated rings. The second kappa shape index (κ2) is 5.91. The van der Waals surface area contributed by atoms with Crippen molar-refractivity contribution in [2.24, 2.45) is 23.2 Å². The number of benzene rings is 1. The fraction of sp³-hybridized carbons (Fsp3) is 0.632. The Balaban J connectivity index is 1.44. The van der Waals surface area contributed by atoms with Crippen molar-refractivity contribution in [2.45, 2.75) is 51.2 Å². The summed E-state index contributed by atoms with van der Waals surface area (Å²) >= 11 is 0. The summed E-state index contributed by atoms with van der Waals surface area (Å²) in [6, 6.07) is 9.29. The zero-order valence-corrected chi connectivity index (χ0v) is 13.4. The number of rotatable bonds is 6. The molecule has 1 aromatic rings. The van der Waals surface area contributed by atoms with Crippen molar-refractivity contribution in [1.82, 2.24) is 5.48 Å². The quantitative estimate of drug-likeness (QED) is 0.790. The van der Waals surface area contributed by atoms with E-state index in [9.17, 15) is 9.90 Å². The van der Waals surface area contributed by atoms with Crippen LogP contribution in [0.4, 0.5) is 0 Å². The number of carboxylic acids is 1. The number of carbonyl (C=O) groups is 1. The summed E-state index contributed by atoms with van der Waals surface area (Å²) in [4.78, 5) is 17.5. The van der Waals surface area contributed by atoms with Gasteiger partial charge in [-0.05, 0) is 67.3 Å². The molecule has 4 heteroatoms. The maximum Gasteiger partial charge on any atom is 0.323 e. The fourth-order valence-electron chi connectivity index (χ4n) is 5.75. The van der Waals surface area contributed by atoms with E-state index in [-0.39, 0.29) is 5.41 Å². The van der Waals surface area contributed by atoms with Gasteiger partial charge in [0.05, 0.1) is 6.61 Å². The van der Waals surface area contributed by atoms with Crippen LogP contribution < -0.4 is 5.48 Å². The highest BCUT2D eigenvalue weighted by Gasteiger charge is 2.56. The second-order valence-electron chi connectivity index (χ2n) is 7.94. The molecule has 4 bridgehead atoms. The lowest BCUT2D eigenvalue weighted by Gasteiger charge is -2.58. The third kappa shape index (κ3) is 2.90. The first-order valence-corrected chi connectivity index (χ1v) is 8.79. The Morgan fingerprint density at radius 3 is 2.22 bits per heavy atom. The Morgan fingerprint density at radius 2 is 1.70 bits per heavy atom. The van der Waals surface area contributed by atoms with Crippen molar-refractivity contribution in [1.29, 1.82) is 0 Å². The molecule has 0 radical (unpaired) electrons. The SMILES string of the molecule is O=C(O)C(NOCc1ccccc1)C12CC3CC(CC(C3)C1)C2. The van der Waals surface area contributed by atoms with E-state index >= 15 is 0 Å². The van der Waals surface area contributed by atoms with Crippen LogP contribution in [0.3, 0.4) is 0 Å². The topological polar surface area (TPSA) is 58.6 Å². The average molecular weight is 315 g/mol. The summed E-state index contributed by atoms with van der Waals surface area (Å²) in [6.07, 6.45) is 7.11. The highest BCUT2D eigenvalue weighted by atomic mass is 16.6. The zero-order valence-electron chi connectivity index (χ0n) is 13.4. The lowest BCUT2D eigenvalue weighted by atomic mass is 9.48. The van der Waals surface area contributed by atoms with Gasteiger partial charge in [-0.3, -0.25) is 9.63 Å². The van der Waals surface area contributed by atoms with Gasteiger partial charge in [-0.25, -0.2) is 0 Å². The standard InChI is InChI=1S/C19H25NO3/c21-18(22)17(20-23-12-13-4-2-1-3-5-13)19-9-14-6-15(10-19)8-16(7-14)11-19/h1-5,14-17,20H,6-12H2,(H,21,22). The molecule has 0 amide bonds. The van der Waals surface area contributed by atoms with Gasteiger partial charge in [-0.15, -0.1) is 0 Å². The van der Waals surface area contributed by atoms with E-state index in [1.54, 1.807) is 0 Å². The number of aliphatic carboxylic acids is 1. The first kappa shape index (κ1) is 15.2. The minimum Gasteiger partial charge on any atom is -0.480 e. The summed E-state index contributed by atoms with van der Waals surface area (Å²) < 4.78 is 0. The lowest BCUT2D eigenvalue weighted by Crippen LogP contribution is -2.58. The van der Waals surface area contributed by atoms with E-state index in [0.717, 1.165) is 42.6 Å². The van der Waals surface area contributed by atoms with Crippen molar-refractivity contribution in [3.63, 3.8) is 0 Å². The van der Waals surface area contributed by atoms with E-state index in [4.69, 9.17) is 4.84 Å². The van der Waals surface area contributed by atoms with Crippen LogP contribution in [0.15, 0.2) is 30.3 Å². The molecule has 5 rings (SSSR count). The van der Waals surface area contributed by atoms with Crippen molar-refractivity contribution < 1.29 is 14.7 Å². The molecule has 0 saturated heterocycles. The second-order valence-corrected chi connectivity index (χ2v) is 7.94. The average Bonchev–Trinajstić information content (AvgIpc) is 2.50. The first-order valence-electron chi connectivity index (χ1n) is 8.79. The monoisotopic (exact) mass is 315 g/mol. The molecule has 0 aromatic heterocycles. The number of hydrogen-bond donors (Lipinski definition) is 2. The highest BCUT2D eigenvalue weighted by molar-refractivity contribution is 5.74. The fourth-order valence-corrected chi connectivity index (χ4v) is 5.75. The predicted octanol–water partition coefficient (Wildman–Crippen LogP) is 3.38. The van der Waals surface area contributed by atoms with Crippen LogP contribution >= 0.6 is 0 Å². The van der Waals surface area contributed by atoms with Crippen LogP contribution in [0.2, 0.25) is 0 Å². The summed E-state index contributed by atoms with van der Waals surface area (Å²) in [5, 5.41) is 9.79. The van der Waals surface area contributed by atoms with Crippen LogP contribution in [0.1, 0.15) is 44.1 Å². The van der Waals surface area contributed by atoms with Crippen molar-refractivity contribution in [3.05, 3.63) is 35.9 Å². The molecular formula is C19H25NO3. The molecule has 0 heterocycles. The van der Waals surface area contributed by atoms with Gasteiger partial charge in [-0.1, -0.05) is 30.3 Å².